The van der Waals surface area contributed by atoms with Gasteiger partial charge >= 0.3 is 0 Å². The minimum absolute atomic E-state index is 0.848. The van der Waals surface area contributed by atoms with Crippen molar-refractivity contribution in [2.24, 2.45) is 0 Å². The summed E-state index contributed by atoms with van der Waals surface area (Å²) in [5.74, 6) is 0. The van der Waals surface area contributed by atoms with E-state index in [0.717, 1.165) is 83.2 Å². The molecular weight excluding hydrogens is 727 g/mol. The van der Waals surface area contributed by atoms with Crippen LogP contribution in [-0.4, -0.2) is 0 Å². The molecule has 0 fully saturated rings. The van der Waals surface area contributed by atoms with E-state index in [2.05, 4.69) is 175 Å². The molecule has 58 heavy (non-hydrogen) atoms. The lowest BCUT2D eigenvalue weighted by Gasteiger charge is -2.26. The lowest BCUT2D eigenvalue weighted by Crippen LogP contribution is -2.09. The standard InChI is InChI=1S/C54H31NO2S/c1-4-22-49-43(13-1)46-19-8-16-40(52(46)56-49)34-25-29-37(30-26-34)55(38-31-27-35(28-32-38)42-18-10-21-48-45-15-3-6-24-51(45)58-54(42)48)39-12-7-11-36(33-39)41-17-9-20-47-44-14-2-5-23-50(44)57-53(41)47/h1-6,8-10,12-33H. The van der Waals surface area contributed by atoms with Crippen LogP contribution in [0.15, 0.2) is 197 Å². The summed E-state index contributed by atoms with van der Waals surface area (Å²) < 4.78 is 15.5. The van der Waals surface area contributed by atoms with Gasteiger partial charge in [0, 0.05) is 75.8 Å². The largest absolute Gasteiger partial charge is 0.455 e. The van der Waals surface area contributed by atoms with Gasteiger partial charge in [0.15, 0.2) is 0 Å². The molecule has 0 saturated heterocycles. The molecule has 0 atom stereocenters. The van der Waals surface area contributed by atoms with E-state index in [1.165, 1.54) is 31.3 Å². The van der Waals surface area contributed by atoms with Crippen molar-refractivity contribution in [3.05, 3.63) is 200 Å². The number of hydrogen-bond donors (Lipinski definition) is 0. The highest BCUT2D eigenvalue weighted by molar-refractivity contribution is 7.26. The van der Waals surface area contributed by atoms with E-state index in [0.29, 0.717) is 0 Å². The molecule has 4 heteroatoms. The van der Waals surface area contributed by atoms with Crippen LogP contribution in [0, 0.1) is 12.1 Å². The molecule has 0 unspecified atom stereocenters. The molecule has 9 aromatic carbocycles. The van der Waals surface area contributed by atoms with Crippen LogP contribution in [0.2, 0.25) is 0 Å². The number of hydrogen-bond acceptors (Lipinski definition) is 4. The summed E-state index contributed by atoms with van der Waals surface area (Å²) in [6, 6.07) is 73.1. The second-order valence-corrected chi connectivity index (χ2v) is 15.7. The topological polar surface area (TPSA) is 29.5 Å². The minimum atomic E-state index is 0.848. The van der Waals surface area contributed by atoms with Gasteiger partial charge in [-0.3, -0.25) is 0 Å². The molecular formula is C54H31NO2S. The Hall–Kier alpha value is -7.58. The fourth-order valence-corrected chi connectivity index (χ4v) is 9.86. The number of benzene rings is 8. The van der Waals surface area contributed by atoms with Gasteiger partial charge in [0.25, 0.3) is 0 Å². The summed E-state index contributed by atoms with van der Waals surface area (Å²) in [6.07, 6.45) is 0. The van der Waals surface area contributed by atoms with E-state index in [9.17, 15) is 0 Å². The molecule has 0 aliphatic carbocycles. The third-order valence-electron chi connectivity index (χ3n) is 11.4. The van der Waals surface area contributed by atoms with Gasteiger partial charge in [0.1, 0.15) is 22.3 Å². The summed E-state index contributed by atoms with van der Waals surface area (Å²) >= 11 is 1.86. The molecule has 3 heterocycles. The first-order valence-electron chi connectivity index (χ1n) is 19.4. The van der Waals surface area contributed by atoms with Gasteiger partial charge in [-0.1, -0.05) is 140 Å². The predicted molar refractivity (Wildman–Crippen MR) is 243 cm³/mol. The van der Waals surface area contributed by atoms with E-state index in [1.54, 1.807) is 0 Å². The second-order valence-electron chi connectivity index (χ2n) is 14.7. The number of rotatable bonds is 6. The Balaban J connectivity index is 0.988. The first kappa shape index (κ1) is 32.6. The monoisotopic (exact) mass is 757 g/mol. The average molecular weight is 758 g/mol. The Morgan fingerprint density at radius 1 is 0.414 bits per heavy atom. The van der Waals surface area contributed by atoms with Crippen molar-refractivity contribution in [3.8, 4) is 33.4 Å². The summed E-state index contributed by atoms with van der Waals surface area (Å²) in [7, 11) is 0. The Labute approximate surface area is 338 Å². The number of furan rings is 2. The molecule has 0 spiro atoms. The summed E-state index contributed by atoms with van der Waals surface area (Å²) in [5.41, 5.74) is 13.0. The zero-order valence-electron chi connectivity index (χ0n) is 31.1. The van der Waals surface area contributed by atoms with E-state index in [-0.39, 0.29) is 0 Å². The molecule has 12 aromatic rings. The summed E-state index contributed by atoms with van der Waals surface area (Å²) in [6.45, 7) is 0. The van der Waals surface area contributed by atoms with E-state index in [1.807, 2.05) is 41.7 Å². The van der Waals surface area contributed by atoms with E-state index in [4.69, 9.17) is 8.83 Å². The minimum Gasteiger partial charge on any atom is -0.455 e. The SMILES string of the molecule is c1cc(N(c2ccc(-c3cccc4c3oc3ccccc34)cc2)c2ccc(-c3cccc4c3sc3ccccc34)cc2)cc(-c2cccc3c2oc2ccccc23)c#1. The quantitative estimate of drug-likeness (QED) is 0.169. The first-order chi connectivity index (χ1) is 28.7. The van der Waals surface area contributed by atoms with Gasteiger partial charge in [-0.25, -0.2) is 0 Å². The number of nitrogens with zero attached hydrogens (tertiary/aromatic N) is 1. The van der Waals surface area contributed by atoms with Crippen molar-refractivity contribution in [1.29, 1.82) is 0 Å². The maximum Gasteiger partial charge on any atom is 0.143 e. The summed E-state index contributed by atoms with van der Waals surface area (Å²) in [5, 5.41) is 7.03. The highest BCUT2D eigenvalue weighted by Gasteiger charge is 2.19. The van der Waals surface area contributed by atoms with Crippen LogP contribution in [0.25, 0.3) is 97.4 Å². The molecule has 0 aliphatic rings. The summed E-state index contributed by atoms with van der Waals surface area (Å²) in [4.78, 5) is 2.29. The highest BCUT2D eigenvalue weighted by Crippen LogP contribution is 2.43. The average Bonchev–Trinajstić information content (AvgIpc) is 3.99. The lowest BCUT2D eigenvalue weighted by atomic mass is 10.0. The predicted octanol–water partition coefficient (Wildman–Crippen LogP) is 15.9. The van der Waals surface area contributed by atoms with Crippen molar-refractivity contribution in [3.63, 3.8) is 0 Å². The van der Waals surface area contributed by atoms with Crippen molar-refractivity contribution in [1.82, 2.24) is 0 Å². The Morgan fingerprint density at radius 2 is 0.931 bits per heavy atom. The van der Waals surface area contributed by atoms with Crippen molar-refractivity contribution >= 4 is 92.4 Å². The van der Waals surface area contributed by atoms with Gasteiger partial charge in [-0.15, -0.1) is 11.3 Å². The van der Waals surface area contributed by atoms with Crippen LogP contribution in [0.3, 0.4) is 0 Å². The third-order valence-corrected chi connectivity index (χ3v) is 12.6. The van der Waals surface area contributed by atoms with Crippen molar-refractivity contribution < 1.29 is 8.83 Å². The van der Waals surface area contributed by atoms with Gasteiger partial charge in [-0.05, 0) is 71.3 Å². The zero-order valence-corrected chi connectivity index (χ0v) is 31.9. The maximum absolute atomic E-state index is 6.46. The molecule has 0 saturated carbocycles. The highest BCUT2D eigenvalue weighted by atomic mass is 32.1. The molecule has 0 radical (unpaired) electrons. The molecule has 0 bridgehead atoms. The van der Waals surface area contributed by atoms with Crippen LogP contribution < -0.4 is 4.90 Å². The number of para-hydroxylation sites is 4. The normalized spacial score (nSPS) is 11.7. The van der Waals surface area contributed by atoms with Gasteiger partial charge in [0.2, 0.25) is 0 Å². The Kier molecular flexibility index (Phi) is 7.31. The zero-order chi connectivity index (χ0) is 38.2. The fourth-order valence-electron chi connectivity index (χ4n) is 8.62. The van der Waals surface area contributed by atoms with E-state index < -0.39 is 0 Å². The number of fused-ring (bicyclic) bond motifs is 9. The molecule has 12 rings (SSSR count). The number of thiophene rings is 1. The second kappa shape index (κ2) is 13.0. The Morgan fingerprint density at radius 3 is 1.60 bits per heavy atom. The molecule has 3 nitrogen and oxygen atoms in total. The van der Waals surface area contributed by atoms with Crippen LogP contribution in [0.1, 0.15) is 0 Å². The van der Waals surface area contributed by atoms with Crippen LogP contribution in [-0.2, 0) is 0 Å². The molecule has 0 aliphatic heterocycles. The van der Waals surface area contributed by atoms with Crippen LogP contribution in [0.5, 0.6) is 0 Å². The van der Waals surface area contributed by atoms with Crippen LogP contribution in [0.4, 0.5) is 17.1 Å². The fraction of sp³-hybridized carbons (Fsp3) is 0. The smallest absolute Gasteiger partial charge is 0.143 e. The molecule has 270 valence electrons. The lowest BCUT2D eigenvalue weighted by molar-refractivity contribution is 0.669. The first-order valence-corrected chi connectivity index (χ1v) is 20.2. The van der Waals surface area contributed by atoms with Crippen LogP contribution >= 0.6 is 11.3 Å². The Bertz CT molecular complexity index is 3360. The molecule has 3 aromatic heterocycles. The van der Waals surface area contributed by atoms with Gasteiger partial charge in [-0.2, -0.15) is 0 Å². The molecule has 0 amide bonds. The third kappa shape index (κ3) is 5.15. The number of anilines is 3. The van der Waals surface area contributed by atoms with E-state index >= 15 is 0 Å². The van der Waals surface area contributed by atoms with Crippen molar-refractivity contribution in [2.45, 2.75) is 0 Å². The van der Waals surface area contributed by atoms with Gasteiger partial charge < -0.3 is 13.7 Å². The maximum atomic E-state index is 6.46. The van der Waals surface area contributed by atoms with Crippen molar-refractivity contribution in [2.75, 3.05) is 4.90 Å². The van der Waals surface area contributed by atoms with Gasteiger partial charge in [0.05, 0.1) is 5.69 Å². The molecule has 0 N–H and O–H groups in total.